The van der Waals surface area contributed by atoms with Crippen LogP contribution in [0.25, 0.3) is 0 Å². The minimum absolute atomic E-state index is 0.172. The van der Waals surface area contributed by atoms with Gasteiger partial charge in [0.25, 0.3) is 0 Å². The molecule has 0 radical (unpaired) electrons. The van der Waals surface area contributed by atoms with Crippen LogP contribution in [0.4, 0.5) is 4.39 Å². The van der Waals surface area contributed by atoms with E-state index in [1.165, 1.54) is 6.07 Å². The summed E-state index contributed by atoms with van der Waals surface area (Å²) >= 11 is 6.29. The van der Waals surface area contributed by atoms with Crippen LogP contribution in [0.2, 0.25) is 5.02 Å². The number of halogens is 2. The highest BCUT2D eigenvalue weighted by Gasteiger charge is 2.25. The van der Waals surface area contributed by atoms with Crippen LogP contribution >= 0.6 is 11.6 Å². The lowest BCUT2D eigenvalue weighted by atomic mass is 9.77. The van der Waals surface area contributed by atoms with Gasteiger partial charge in [-0.25, -0.2) is 4.39 Å². The van der Waals surface area contributed by atoms with Crippen LogP contribution in [0, 0.1) is 24.1 Å². The van der Waals surface area contributed by atoms with Gasteiger partial charge in [-0.05, 0) is 54.8 Å². The summed E-state index contributed by atoms with van der Waals surface area (Å²) in [6.07, 6.45) is 2.06. The second-order valence-electron chi connectivity index (χ2n) is 7.13. The Morgan fingerprint density at radius 1 is 1.29 bits per heavy atom. The first-order chi connectivity index (χ1) is 9.66. The molecule has 0 saturated heterocycles. The fourth-order valence-corrected chi connectivity index (χ4v) is 2.57. The smallest absolute Gasteiger partial charge is 0.127 e. The van der Waals surface area contributed by atoms with Crippen LogP contribution in [0.15, 0.2) is 12.1 Å². The standard InChI is InChI=1S/C18H29ClFN/c1-7-8-21-17(10-13(3)18(4,5)6)14-9-12(2)16(20)11-15(14)19/h9,11,13,17,21H,7-8,10H2,1-6H3. The lowest BCUT2D eigenvalue weighted by Gasteiger charge is -2.32. The normalized spacial score (nSPS) is 15.0. The highest BCUT2D eigenvalue weighted by molar-refractivity contribution is 6.31. The average molecular weight is 314 g/mol. The van der Waals surface area contributed by atoms with Crippen molar-refractivity contribution < 1.29 is 4.39 Å². The molecule has 2 atom stereocenters. The molecule has 0 aliphatic heterocycles. The van der Waals surface area contributed by atoms with E-state index in [1.54, 1.807) is 6.92 Å². The van der Waals surface area contributed by atoms with Crippen molar-refractivity contribution in [2.75, 3.05) is 6.54 Å². The van der Waals surface area contributed by atoms with Gasteiger partial charge in [0.2, 0.25) is 0 Å². The molecule has 0 heterocycles. The Hall–Kier alpha value is -0.600. The van der Waals surface area contributed by atoms with E-state index in [1.807, 2.05) is 6.07 Å². The summed E-state index contributed by atoms with van der Waals surface area (Å²) in [5.74, 6) is 0.301. The zero-order chi connectivity index (χ0) is 16.2. The molecule has 2 unspecified atom stereocenters. The number of nitrogens with one attached hydrogen (secondary N) is 1. The van der Waals surface area contributed by atoms with Gasteiger partial charge in [-0.3, -0.25) is 0 Å². The maximum Gasteiger partial charge on any atom is 0.127 e. The van der Waals surface area contributed by atoms with Gasteiger partial charge in [0.1, 0.15) is 5.82 Å². The van der Waals surface area contributed by atoms with E-state index in [2.05, 4.69) is 39.9 Å². The molecule has 0 saturated carbocycles. The SMILES string of the molecule is CCCNC(CC(C)C(C)(C)C)c1cc(C)c(F)cc1Cl. The van der Waals surface area contributed by atoms with Crippen molar-refractivity contribution in [2.24, 2.45) is 11.3 Å². The van der Waals surface area contributed by atoms with Crippen molar-refractivity contribution in [1.29, 1.82) is 0 Å². The maximum absolute atomic E-state index is 13.6. The molecule has 120 valence electrons. The molecule has 3 heteroatoms. The Morgan fingerprint density at radius 3 is 2.43 bits per heavy atom. The Bertz CT molecular complexity index is 465. The van der Waals surface area contributed by atoms with E-state index in [0.717, 1.165) is 24.9 Å². The fourth-order valence-electron chi connectivity index (χ4n) is 2.29. The molecule has 1 aromatic carbocycles. The van der Waals surface area contributed by atoms with Crippen molar-refractivity contribution in [3.05, 3.63) is 34.1 Å². The van der Waals surface area contributed by atoms with E-state index < -0.39 is 0 Å². The van der Waals surface area contributed by atoms with E-state index in [-0.39, 0.29) is 17.3 Å². The maximum atomic E-state index is 13.6. The van der Waals surface area contributed by atoms with E-state index in [4.69, 9.17) is 11.6 Å². The third kappa shape index (κ3) is 5.27. The topological polar surface area (TPSA) is 12.0 Å². The second-order valence-corrected chi connectivity index (χ2v) is 7.54. The molecule has 1 rings (SSSR count). The Balaban J connectivity index is 3.05. The molecule has 0 fully saturated rings. The van der Waals surface area contributed by atoms with Gasteiger partial charge in [0.05, 0.1) is 0 Å². The quantitative estimate of drug-likeness (QED) is 0.689. The molecular formula is C18H29ClFN. The van der Waals surface area contributed by atoms with E-state index in [0.29, 0.717) is 16.5 Å². The van der Waals surface area contributed by atoms with E-state index >= 15 is 0 Å². The lowest BCUT2D eigenvalue weighted by molar-refractivity contribution is 0.223. The summed E-state index contributed by atoms with van der Waals surface area (Å²) in [5, 5.41) is 4.09. The third-order valence-electron chi connectivity index (χ3n) is 4.36. The summed E-state index contributed by atoms with van der Waals surface area (Å²) in [7, 11) is 0. The van der Waals surface area contributed by atoms with Gasteiger partial charge in [-0.2, -0.15) is 0 Å². The summed E-state index contributed by atoms with van der Waals surface area (Å²) in [4.78, 5) is 0. The molecule has 0 spiro atoms. The van der Waals surface area contributed by atoms with Gasteiger partial charge in [0.15, 0.2) is 0 Å². The van der Waals surface area contributed by atoms with Crippen LogP contribution in [0.5, 0.6) is 0 Å². The molecular weight excluding hydrogens is 285 g/mol. The molecule has 0 amide bonds. The zero-order valence-electron chi connectivity index (χ0n) is 14.2. The molecule has 0 bridgehead atoms. The first-order valence-electron chi connectivity index (χ1n) is 7.85. The Morgan fingerprint density at radius 2 is 1.90 bits per heavy atom. The predicted molar refractivity (Wildman–Crippen MR) is 90.4 cm³/mol. The summed E-state index contributed by atoms with van der Waals surface area (Å²) in [6.45, 7) is 13.9. The monoisotopic (exact) mass is 313 g/mol. The number of benzene rings is 1. The summed E-state index contributed by atoms with van der Waals surface area (Å²) in [5.41, 5.74) is 1.91. The average Bonchev–Trinajstić information content (AvgIpc) is 2.37. The highest BCUT2D eigenvalue weighted by Crippen LogP contribution is 2.36. The van der Waals surface area contributed by atoms with Crippen LogP contribution in [-0.4, -0.2) is 6.54 Å². The first kappa shape index (κ1) is 18.4. The van der Waals surface area contributed by atoms with Crippen molar-refractivity contribution in [3.63, 3.8) is 0 Å². The number of hydrogen-bond donors (Lipinski definition) is 1. The van der Waals surface area contributed by atoms with Gasteiger partial charge in [-0.1, -0.05) is 52.3 Å². The van der Waals surface area contributed by atoms with Crippen molar-refractivity contribution in [2.45, 2.75) is 60.4 Å². The number of rotatable bonds is 6. The number of aryl methyl sites for hydroxylation is 1. The Labute approximate surface area is 134 Å². The zero-order valence-corrected chi connectivity index (χ0v) is 14.9. The fraction of sp³-hybridized carbons (Fsp3) is 0.667. The summed E-state index contributed by atoms with van der Waals surface area (Å²) < 4.78 is 13.6. The summed E-state index contributed by atoms with van der Waals surface area (Å²) in [6, 6.07) is 3.50. The van der Waals surface area contributed by atoms with E-state index in [9.17, 15) is 4.39 Å². The minimum Gasteiger partial charge on any atom is -0.310 e. The second kappa shape index (κ2) is 7.60. The lowest BCUT2D eigenvalue weighted by Crippen LogP contribution is -2.28. The van der Waals surface area contributed by atoms with Crippen molar-refractivity contribution >= 4 is 11.6 Å². The molecule has 1 nitrogen and oxygen atoms in total. The molecule has 0 aliphatic rings. The minimum atomic E-state index is -0.234. The Kier molecular flexibility index (Phi) is 6.68. The molecule has 1 aromatic rings. The van der Waals surface area contributed by atoms with Crippen molar-refractivity contribution in [1.82, 2.24) is 5.32 Å². The van der Waals surface area contributed by atoms with Crippen LogP contribution in [0.3, 0.4) is 0 Å². The molecule has 0 aromatic heterocycles. The van der Waals surface area contributed by atoms with Gasteiger partial charge in [0, 0.05) is 11.1 Å². The number of hydrogen-bond acceptors (Lipinski definition) is 1. The van der Waals surface area contributed by atoms with Crippen molar-refractivity contribution in [3.8, 4) is 0 Å². The van der Waals surface area contributed by atoms with Gasteiger partial charge in [-0.15, -0.1) is 0 Å². The first-order valence-corrected chi connectivity index (χ1v) is 8.23. The van der Waals surface area contributed by atoms with Crippen LogP contribution < -0.4 is 5.32 Å². The van der Waals surface area contributed by atoms with Crippen LogP contribution in [0.1, 0.15) is 64.6 Å². The molecule has 0 aliphatic carbocycles. The largest absolute Gasteiger partial charge is 0.310 e. The highest BCUT2D eigenvalue weighted by atomic mass is 35.5. The van der Waals surface area contributed by atoms with Gasteiger partial charge >= 0.3 is 0 Å². The van der Waals surface area contributed by atoms with Gasteiger partial charge < -0.3 is 5.32 Å². The molecule has 1 N–H and O–H groups in total. The molecule has 21 heavy (non-hydrogen) atoms. The predicted octanol–water partition coefficient (Wildman–Crippen LogP) is 5.90. The third-order valence-corrected chi connectivity index (χ3v) is 4.69. The van der Waals surface area contributed by atoms with Crippen LogP contribution in [-0.2, 0) is 0 Å².